The Kier molecular flexibility index (Phi) is 6.81. The van der Waals surface area contributed by atoms with Crippen molar-refractivity contribution < 1.29 is 19.0 Å². The summed E-state index contributed by atoms with van der Waals surface area (Å²) in [4.78, 5) is 10.4. The molecule has 2 unspecified atom stereocenters. The van der Waals surface area contributed by atoms with Crippen molar-refractivity contribution in [3.8, 4) is 0 Å². The molecule has 3 N–H and O–H groups in total. The molecule has 0 aliphatic carbocycles. The predicted molar refractivity (Wildman–Crippen MR) is 59.5 cm³/mol. The quantitative estimate of drug-likeness (QED) is 0.493. The summed E-state index contributed by atoms with van der Waals surface area (Å²) in [7, 11) is -2.66. The van der Waals surface area contributed by atoms with Gasteiger partial charge in [-0.3, -0.25) is 9.36 Å². The van der Waals surface area contributed by atoms with E-state index in [4.69, 9.17) is 15.4 Å². The Bertz CT molecular complexity index is 244. The topological polar surface area (TPSA) is 89.6 Å². The van der Waals surface area contributed by atoms with E-state index in [2.05, 4.69) is 0 Å². The van der Waals surface area contributed by atoms with Crippen molar-refractivity contribution >= 4 is 13.3 Å². The predicted octanol–water partition coefficient (Wildman–Crippen LogP) is 1.51. The van der Waals surface area contributed by atoms with Crippen molar-refractivity contribution in [3.05, 3.63) is 0 Å². The number of unbranched alkanes of at least 4 members (excludes halogenated alkanes) is 1. The highest BCUT2D eigenvalue weighted by Gasteiger charge is 2.20. The number of nitrogens with two attached hydrogens (primary N) is 1. The van der Waals surface area contributed by atoms with Crippen LogP contribution in [0.5, 0.6) is 0 Å². The Morgan fingerprint density at radius 1 is 1.60 bits per heavy atom. The van der Waals surface area contributed by atoms with E-state index in [0.717, 1.165) is 12.8 Å². The van der Waals surface area contributed by atoms with E-state index in [9.17, 15) is 9.36 Å². The van der Waals surface area contributed by atoms with Crippen molar-refractivity contribution in [3.63, 3.8) is 0 Å². The number of aliphatic carboxylic acids is 1. The molecule has 6 heteroatoms. The Morgan fingerprint density at radius 3 is 2.67 bits per heavy atom. The zero-order valence-corrected chi connectivity index (χ0v) is 10.2. The molecule has 0 heterocycles. The maximum absolute atomic E-state index is 11.7. The largest absolute Gasteiger partial charge is 0.480 e. The molecule has 0 aliphatic heterocycles. The third kappa shape index (κ3) is 7.54. The number of carboxylic acids is 1. The highest BCUT2D eigenvalue weighted by atomic mass is 31.2. The van der Waals surface area contributed by atoms with Gasteiger partial charge in [-0.2, -0.15) is 0 Å². The highest BCUT2D eigenvalue weighted by Crippen LogP contribution is 2.43. The maximum atomic E-state index is 11.7. The zero-order chi connectivity index (χ0) is 11.9. The van der Waals surface area contributed by atoms with Gasteiger partial charge in [0.2, 0.25) is 0 Å². The standard InChI is InChI=1S/C9H20NO4P/c1-3-4-6-14-15(2,13)7-5-8(10)9(11)12/h8H,3-7,10H2,1-2H3,(H,11,12). The van der Waals surface area contributed by atoms with Crippen LogP contribution in [0.1, 0.15) is 26.2 Å². The molecule has 0 amide bonds. The summed E-state index contributed by atoms with van der Waals surface area (Å²) in [5.41, 5.74) is 5.30. The molecule has 0 spiro atoms. The lowest BCUT2D eigenvalue weighted by Crippen LogP contribution is -2.30. The van der Waals surface area contributed by atoms with E-state index < -0.39 is 19.4 Å². The van der Waals surface area contributed by atoms with Gasteiger partial charge in [0.05, 0.1) is 6.61 Å². The van der Waals surface area contributed by atoms with E-state index in [1.54, 1.807) is 0 Å². The average molecular weight is 237 g/mol. The Balaban J connectivity index is 3.83. The summed E-state index contributed by atoms with van der Waals surface area (Å²) in [5.74, 6) is -1.07. The molecule has 90 valence electrons. The van der Waals surface area contributed by atoms with Gasteiger partial charge in [-0.05, 0) is 12.8 Å². The van der Waals surface area contributed by atoms with Gasteiger partial charge in [-0.25, -0.2) is 0 Å². The van der Waals surface area contributed by atoms with E-state index >= 15 is 0 Å². The fourth-order valence-corrected chi connectivity index (χ4v) is 2.36. The molecule has 0 saturated carbocycles. The second-order valence-corrected chi connectivity index (χ2v) is 6.39. The minimum atomic E-state index is -2.66. The summed E-state index contributed by atoms with van der Waals surface area (Å²) in [6.07, 6.45) is 2.26. The van der Waals surface area contributed by atoms with Gasteiger partial charge in [0, 0.05) is 12.8 Å². The van der Waals surface area contributed by atoms with E-state index in [1.165, 1.54) is 6.66 Å². The monoisotopic (exact) mass is 237 g/mol. The van der Waals surface area contributed by atoms with Gasteiger partial charge in [-0.15, -0.1) is 0 Å². The van der Waals surface area contributed by atoms with Gasteiger partial charge < -0.3 is 15.4 Å². The summed E-state index contributed by atoms with van der Waals surface area (Å²) < 4.78 is 17.0. The molecule has 0 aromatic heterocycles. The first-order valence-electron chi connectivity index (χ1n) is 5.08. The first-order chi connectivity index (χ1) is 6.89. The molecule has 0 fully saturated rings. The first kappa shape index (κ1) is 14.6. The maximum Gasteiger partial charge on any atom is 0.320 e. The minimum absolute atomic E-state index is 0.190. The van der Waals surface area contributed by atoms with Crippen molar-refractivity contribution in [2.75, 3.05) is 19.4 Å². The summed E-state index contributed by atoms with van der Waals surface area (Å²) in [5, 5.41) is 8.54. The molecule has 2 atom stereocenters. The molecule has 0 aromatic rings. The van der Waals surface area contributed by atoms with Gasteiger partial charge in [0.1, 0.15) is 6.04 Å². The summed E-state index contributed by atoms with van der Waals surface area (Å²) >= 11 is 0. The lowest BCUT2D eigenvalue weighted by atomic mass is 10.2. The molecular weight excluding hydrogens is 217 g/mol. The number of carbonyl (C=O) groups is 1. The van der Waals surface area contributed by atoms with Crippen LogP contribution >= 0.6 is 7.37 Å². The molecule has 5 nitrogen and oxygen atoms in total. The fraction of sp³-hybridized carbons (Fsp3) is 0.889. The second kappa shape index (κ2) is 6.99. The first-order valence-corrected chi connectivity index (χ1v) is 7.34. The fourth-order valence-electron chi connectivity index (χ4n) is 0.964. The molecule has 0 radical (unpaired) electrons. The molecule has 0 rings (SSSR count). The van der Waals surface area contributed by atoms with Crippen molar-refractivity contribution in [1.82, 2.24) is 0 Å². The van der Waals surface area contributed by atoms with Crippen LogP contribution in [0.3, 0.4) is 0 Å². The Hall–Kier alpha value is -0.380. The van der Waals surface area contributed by atoms with Crippen molar-refractivity contribution in [2.45, 2.75) is 32.2 Å². The van der Waals surface area contributed by atoms with E-state index in [1.807, 2.05) is 6.92 Å². The number of rotatable bonds is 8. The molecule has 15 heavy (non-hydrogen) atoms. The minimum Gasteiger partial charge on any atom is -0.480 e. The van der Waals surface area contributed by atoms with Crippen LogP contribution < -0.4 is 5.73 Å². The Morgan fingerprint density at radius 2 is 2.20 bits per heavy atom. The van der Waals surface area contributed by atoms with E-state index in [0.29, 0.717) is 6.61 Å². The SMILES string of the molecule is CCCCOP(C)(=O)CCC(N)C(=O)O. The van der Waals surface area contributed by atoms with Crippen LogP contribution in [0.2, 0.25) is 0 Å². The lowest BCUT2D eigenvalue weighted by Gasteiger charge is -2.14. The van der Waals surface area contributed by atoms with E-state index in [-0.39, 0.29) is 12.6 Å². The number of hydrogen-bond acceptors (Lipinski definition) is 4. The molecule has 0 aromatic carbocycles. The molecule has 0 aliphatic rings. The summed E-state index contributed by atoms with van der Waals surface area (Å²) in [6.45, 7) is 4.01. The van der Waals surface area contributed by atoms with Gasteiger partial charge in [0.25, 0.3) is 0 Å². The Labute approximate surface area is 90.4 Å². The van der Waals surface area contributed by atoms with Crippen LogP contribution in [0, 0.1) is 0 Å². The van der Waals surface area contributed by atoms with Gasteiger partial charge in [-0.1, -0.05) is 13.3 Å². The normalized spacial score (nSPS) is 17.0. The van der Waals surface area contributed by atoms with Crippen LogP contribution in [-0.2, 0) is 13.9 Å². The molecular formula is C9H20NO4P. The van der Waals surface area contributed by atoms with Crippen molar-refractivity contribution in [1.29, 1.82) is 0 Å². The van der Waals surface area contributed by atoms with Gasteiger partial charge in [0.15, 0.2) is 7.37 Å². The number of hydrogen-bond donors (Lipinski definition) is 2. The van der Waals surface area contributed by atoms with Crippen molar-refractivity contribution in [2.24, 2.45) is 5.73 Å². The molecule has 0 saturated heterocycles. The second-order valence-electron chi connectivity index (χ2n) is 3.66. The highest BCUT2D eigenvalue weighted by molar-refractivity contribution is 7.58. The number of carboxylic acid groups (broad SMARTS) is 1. The third-order valence-electron chi connectivity index (χ3n) is 2.03. The average Bonchev–Trinajstić information content (AvgIpc) is 2.14. The lowest BCUT2D eigenvalue weighted by molar-refractivity contribution is -0.138. The van der Waals surface area contributed by atoms with Crippen LogP contribution in [-0.4, -0.2) is 36.6 Å². The third-order valence-corrected chi connectivity index (χ3v) is 3.83. The summed E-state index contributed by atoms with van der Waals surface area (Å²) in [6, 6.07) is -0.951. The van der Waals surface area contributed by atoms with Crippen LogP contribution in [0.4, 0.5) is 0 Å². The molecule has 0 bridgehead atoms. The van der Waals surface area contributed by atoms with Crippen LogP contribution in [0.15, 0.2) is 0 Å². The van der Waals surface area contributed by atoms with Crippen LogP contribution in [0.25, 0.3) is 0 Å². The zero-order valence-electron chi connectivity index (χ0n) is 9.31. The van der Waals surface area contributed by atoms with Gasteiger partial charge >= 0.3 is 5.97 Å². The smallest absolute Gasteiger partial charge is 0.320 e.